The molecule has 0 N–H and O–H groups in total. The van der Waals surface area contributed by atoms with Gasteiger partial charge in [0.05, 0.1) is 0 Å². The first-order valence-electron chi connectivity index (χ1n) is 5.81. The molecule has 0 aromatic heterocycles. The number of hydrogen-bond donors (Lipinski definition) is 0. The Morgan fingerprint density at radius 2 is 1.82 bits per heavy atom. The van der Waals surface area contributed by atoms with Crippen molar-refractivity contribution >= 4 is 11.9 Å². The van der Waals surface area contributed by atoms with Crippen LogP contribution < -0.4 is 4.74 Å². The first kappa shape index (κ1) is 10.1. The van der Waals surface area contributed by atoms with Gasteiger partial charge in [0.15, 0.2) is 5.75 Å². The van der Waals surface area contributed by atoms with E-state index in [0.717, 1.165) is 29.2 Å². The molecule has 0 amide bonds. The largest absolute Gasteiger partial charge is 0.454 e. The number of rotatable bonds is 1. The van der Waals surface area contributed by atoms with Crippen LogP contribution in [0.15, 0.2) is 47.5 Å². The van der Waals surface area contributed by atoms with Crippen LogP contribution in [0.1, 0.15) is 18.1 Å². The lowest BCUT2D eigenvalue weighted by Gasteiger charge is -2.09. The summed E-state index contributed by atoms with van der Waals surface area (Å²) in [6, 6.07) is 14.0. The average Bonchev–Trinajstić information content (AvgIpc) is 2.57. The lowest BCUT2D eigenvalue weighted by molar-refractivity contribution is 0.484. The maximum atomic E-state index is 5.92. The van der Waals surface area contributed by atoms with E-state index in [1.165, 1.54) is 5.56 Å². The summed E-state index contributed by atoms with van der Waals surface area (Å²) < 4.78 is 5.92. The Morgan fingerprint density at radius 1 is 1.00 bits per heavy atom. The fourth-order valence-corrected chi connectivity index (χ4v) is 2.04. The van der Waals surface area contributed by atoms with Crippen molar-refractivity contribution < 1.29 is 4.74 Å². The van der Waals surface area contributed by atoms with Crippen LogP contribution in [0.3, 0.4) is 0 Å². The van der Waals surface area contributed by atoms with Crippen molar-refractivity contribution in [3.8, 4) is 11.5 Å². The summed E-state index contributed by atoms with van der Waals surface area (Å²) in [6.45, 7) is 2.14. The van der Waals surface area contributed by atoms with Crippen molar-refractivity contribution in [1.29, 1.82) is 0 Å². The van der Waals surface area contributed by atoms with Gasteiger partial charge in [0.1, 0.15) is 11.4 Å². The molecule has 0 radical (unpaired) electrons. The van der Waals surface area contributed by atoms with Crippen molar-refractivity contribution in [3.63, 3.8) is 0 Å². The summed E-state index contributed by atoms with van der Waals surface area (Å²) in [4.78, 5) is 4.49. The predicted molar refractivity (Wildman–Crippen MR) is 69.6 cm³/mol. The van der Waals surface area contributed by atoms with Crippen LogP contribution in [-0.2, 0) is 6.42 Å². The highest BCUT2D eigenvalue weighted by atomic mass is 16.5. The topological polar surface area (TPSA) is 21.6 Å². The van der Waals surface area contributed by atoms with Gasteiger partial charge >= 0.3 is 0 Å². The van der Waals surface area contributed by atoms with E-state index < -0.39 is 0 Å². The zero-order valence-corrected chi connectivity index (χ0v) is 9.68. The lowest BCUT2D eigenvalue weighted by atomic mass is 10.1. The van der Waals surface area contributed by atoms with Gasteiger partial charge in [-0.25, -0.2) is 0 Å². The minimum Gasteiger partial charge on any atom is -0.454 e. The van der Waals surface area contributed by atoms with Crippen LogP contribution in [0.25, 0.3) is 0 Å². The first-order chi connectivity index (χ1) is 8.38. The molecule has 0 unspecified atom stereocenters. The van der Waals surface area contributed by atoms with Gasteiger partial charge in [-0.2, -0.15) is 0 Å². The number of para-hydroxylation sites is 2. The third-order valence-electron chi connectivity index (χ3n) is 2.96. The van der Waals surface area contributed by atoms with Crippen LogP contribution in [0.2, 0.25) is 0 Å². The van der Waals surface area contributed by atoms with Gasteiger partial charge in [-0.1, -0.05) is 31.2 Å². The summed E-state index contributed by atoms with van der Waals surface area (Å²) in [5.74, 6) is 1.70. The van der Waals surface area contributed by atoms with Crippen LogP contribution in [0.5, 0.6) is 11.5 Å². The third kappa shape index (κ3) is 1.72. The van der Waals surface area contributed by atoms with Crippen molar-refractivity contribution in [2.24, 2.45) is 4.99 Å². The Balaban J connectivity index is 2.18. The molecule has 0 atom stereocenters. The van der Waals surface area contributed by atoms with Gasteiger partial charge in [-0.3, -0.25) is 4.99 Å². The highest BCUT2D eigenvalue weighted by molar-refractivity contribution is 5.89. The predicted octanol–water partition coefficient (Wildman–Crippen LogP) is 4.11. The van der Waals surface area contributed by atoms with Gasteiger partial charge in [0.2, 0.25) is 0 Å². The van der Waals surface area contributed by atoms with Crippen molar-refractivity contribution in [3.05, 3.63) is 53.6 Å². The van der Waals surface area contributed by atoms with Crippen molar-refractivity contribution in [2.45, 2.75) is 13.3 Å². The number of benzene rings is 2. The van der Waals surface area contributed by atoms with Gasteiger partial charge < -0.3 is 4.74 Å². The van der Waals surface area contributed by atoms with E-state index >= 15 is 0 Å². The number of fused-ring (bicyclic) bond motifs is 2. The minimum absolute atomic E-state index is 0.816. The Hall–Kier alpha value is -2.09. The fraction of sp³-hybridized carbons (Fsp3) is 0.133. The molecule has 1 aliphatic rings. The first-order valence-corrected chi connectivity index (χ1v) is 5.81. The van der Waals surface area contributed by atoms with E-state index in [1.807, 2.05) is 42.6 Å². The summed E-state index contributed by atoms with van der Waals surface area (Å²) in [6.07, 6.45) is 2.88. The number of hydrogen-bond acceptors (Lipinski definition) is 2. The zero-order chi connectivity index (χ0) is 11.7. The highest BCUT2D eigenvalue weighted by Gasteiger charge is 2.12. The molecule has 2 aromatic rings. The molecule has 17 heavy (non-hydrogen) atoms. The molecule has 2 nitrogen and oxygen atoms in total. The zero-order valence-electron chi connectivity index (χ0n) is 9.68. The molecular formula is C15H13NO. The summed E-state index contributed by atoms with van der Waals surface area (Å²) >= 11 is 0. The fourth-order valence-electron chi connectivity index (χ4n) is 2.04. The van der Waals surface area contributed by atoms with Gasteiger partial charge in [-0.05, 0) is 30.2 Å². The second-order valence-electron chi connectivity index (χ2n) is 4.01. The molecule has 2 heteroatoms. The summed E-state index contributed by atoms with van der Waals surface area (Å²) in [7, 11) is 0. The third-order valence-corrected chi connectivity index (χ3v) is 2.96. The second-order valence-corrected chi connectivity index (χ2v) is 4.01. The molecule has 0 fully saturated rings. The second kappa shape index (κ2) is 4.06. The maximum absolute atomic E-state index is 5.92. The quantitative estimate of drug-likeness (QED) is 0.608. The van der Waals surface area contributed by atoms with Crippen molar-refractivity contribution in [1.82, 2.24) is 0 Å². The number of aliphatic imine (C=N–C) groups is 1. The maximum Gasteiger partial charge on any atom is 0.153 e. The van der Waals surface area contributed by atoms with Crippen LogP contribution in [-0.4, -0.2) is 6.21 Å². The molecule has 0 bridgehead atoms. The van der Waals surface area contributed by atoms with Crippen LogP contribution >= 0.6 is 0 Å². The van der Waals surface area contributed by atoms with Gasteiger partial charge in [0.25, 0.3) is 0 Å². The molecule has 2 aromatic carbocycles. The minimum atomic E-state index is 0.816. The van der Waals surface area contributed by atoms with E-state index in [1.54, 1.807) is 0 Å². The Kier molecular flexibility index (Phi) is 2.41. The smallest absolute Gasteiger partial charge is 0.153 e. The molecule has 3 rings (SSSR count). The average molecular weight is 223 g/mol. The Bertz CT molecular complexity index is 587. The van der Waals surface area contributed by atoms with E-state index in [0.29, 0.717) is 0 Å². The molecule has 1 aliphatic heterocycles. The molecule has 84 valence electrons. The molecule has 0 saturated carbocycles. The van der Waals surface area contributed by atoms with E-state index in [-0.39, 0.29) is 0 Å². The van der Waals surface area contributed by atoms with E-state index in [4.69, 9.17) is 4.74 Å². The highest BCUT2D eigenvalue weighted by Crippen LogP contribution is 2.36. The molecule has 0 saturated heterocycles. The Morgan fingerprint density at radius 3 is 2.71 bits per heavy atom. The van der Waals surface area contributed by atoms with Gasteiger partial charge in [-0.15, -0.1) is 0 Å². The number of aryl methyl sites for hydroxylation is 1. The number of nitrogens with zero attached hydrogens (tertiary/aromatic N) is 1. The van der Waals surface area contributed by atoms with Crippen molar-refractivity contribution in [2.75, 3.05) is 0 Å². The van der Waals surface area contributed by atoms with Crippen LogP contribution in [0.4, 0.5) is 5.69 Å². The monoisotopic (exact) mass is 223 g/mol. The lowest BCUT2D eigenvalue weighted by Crippen LogP contribution is -1.94. The SMILES string of the molecule is CCc1cccc2c1C=Nc1ccccc1O2. The Labute approximate surface area is 101 Å². The molecule has 0 spiro atoms. The van der Waals surface area contributed by atoms with Gasteiger partial charge in [0, 0.05) is 11.8 Å². The number of ether oxygens (including phenoxy) is 1. The normalized spacial score (nSPS) is 12.3. The van der Waals surface area contributed by atoms with E-state index in [9.17, 15) is 0 Å². The molecule has 0 aliphatic carbocycles. The summed E-state index contributed by atoms with van der Waals surface area (Å²) in [5.41, 5.74) is 3.23. The molecular weight excluding hydrogens is 210 g/mol. The molecule has 1 heterocycles. The standard InChI is InChI=1S/C15H13NO/c1-2-11-6-5-9-14-12(11)10-16-13-7-3-4-8-15(13)17-14/h3-10H,2H2,1H3. The van der Waals surface area contributed by atoms with Crippen LogP contribution in [0, 0.1) is 0 Å². The summed E-state index contributed by atoms with van der Waals surface area (Å²) in [5, 5.41) is 0. The van der Waals surface area contributed by atoms with E-state index in [2.05, 4.69) is 18.0 Å².